The molecule has 0 radical (unpaired) electrons. The van der Waals surface area contributed by atoms with Gasteiger partial charge in [-0.05, 0) is 122 Å². The minimum Gasteiger partial charge on any atom is -0.491 e. The van der Waals surface area contributed by atoms with E-state index >= 15 is 0 Å². The molecule has 98 heavy (non-hydrogen) atoms. The highest BCUT2D eigenvalue weighted by atomic mass is 32.1. The zero-order valence-corrected chi connectivity index (χ0v) is 66.3. The quantitative estimate of drug-likeness (QED) is 0.0354. The number of ether oxygens (including phenoxy) is 2. The standard InChI is InChI=1S/C88H130N4O2S4/c1-9-15-21-27-33-37-41-47-53-87(54-48-42-38-34-28-22-16-10-2)72-62-68-73(61-67(72)77-74(87)59-65(7)79-81(77)91-97-89-79)88(55-49-43-39-35-29-23-17-11-3,56-50-44-40-36-30-24-18-12-4)75-63-69(80-82(78(68)75)92-98-90-80)76-64-71-84(94-58-52-46-32-26-20-14-6)85-70(60-66(8)95-85)83(86(71)96-76)93-57-51-45-31-25-19-13-5/h59-64H,9-58H2,1-8H3. The van der Waals surface area contributed by atoms with Crippen LogP contribution < -0.4 is 9.47 Å². The van der Waals surface area contributed by atoms with Crippen molar-refractivity contribution in [3.63, 3.8) is 0 Å². The first kappa shape index (κ1) is 76.7. The molecule has 0 fully saturated rings. The predicted molar refractivity (Wildman–Crippen MR) is 433 cm³/mol. The van der Waals surface area contributed by atoms with Gasteiger partial charge >= 0.3 is 0 Å². The molecule has 0 aliphatic heterocycles. The van der Waals surface area contributed by atoms with Crippen LogP contribution in [0, 0.1) is 13.8 Å². The molecule has 0 bridgehead atoms. The third-order valence-corrected chi connectivity index (χ3v) is 26.4. The van der Waals surface area contributed by atoms with E-state index in [1.807, 2.05) is 22.7 Å². The number of aryl methyl sites for hydroxylation is 2. The van der Waals surface area contributed by atoms with Gasteiger partial charge in [-0.3, -0.25) is 0 Å². The van der Waals surface area contributed by atoms with Crippen LogP contribution in [-0.2, 0) is 10.8 Å². The summed E-state index contributed by atoms with van der Waals surface area (Å²) in [5.41, 5.74) is 18.6. The van der Waals surface area contributed by atoms with Crippen LogP contribution in [0.4, 0.5) is 0 Å². The van der Waals surface area contributed by atoms with Crippen LogP contribution in [0.25, 0.3) is 74.9 Å². The number of hydrogen-bond donors (Lipinski definition) is 0. The maximum Gasteiger partial charge on any atom is 0.146 e. The molecule has 0 atom stereocenters. The van der Waals surface area contributed by atoms with Crippen LogP contribution in [0.15, 0.2) is 36.4 Å². The molecular weight excluding hydrogens is 1270 g/mol. The fraction of sp³-hybridized carbons (Fsp3) is 0.682. The minimum absolute atomic E-state index is 0.111. The van der Waals surface area contributed by atoms with Gasteiger partial charge in [-0.25, -0.2) is 0 Å². The summed E-state index contributed by atoms with van der Waals surface area (Å²) < 4.78 is 38.4. The van der Waals surface area contributed by atoms with Crippen molar-refractivity contribution in [2.75, 3.05) is 13.2 Å². The number of unbranched alkanes of at least 4 members (excludes halogenated alkanes) is 38. The van der Waals surface area contributed by atoms with Gasteiger partial charge in [0.1, 0.15) is 33.6 Å². The van der Waals surface area contributed by atoms with Crippen LogP contribution in [0.5, 0.6) is 11.5 Å². The van der Waals surface area contributed by atoms with Crippen LogP contribution in [0.1, 0.15) is 382 Å². The summed E-state index contributed by atoms with van der Waals surface area (Å²) in [5.74, 6) is 2.10. The number of hydrogen-bond acceptors (Lipinski definition) is 10. The summed E-state index contributed by atoms with van der Waals surface area (Å²) in [5, 5.41) is 2.42. The van der Waals surface area contributed by atoms with E-state index in [2.05, 4.69) is 91.8 Å². The smallest absolute Gasteiger partial charge is 0.146 e. The molecule has 0 spiro atoms. The Labute approximate surface area is 611 Å². The Balaban J connectivity index is 1.15. The van der Waals surface area contributed by atoms with E-state index in [1.165, 1.54) is 375 Å². The van der Waals surface area contributed by atoms with Gasteiger partial charge in [-0.1, -0.05) is 317 Å². The number of benzene rings is 4. The first-order chi connectivity index (χ1) is 48.3. The Morgan fingerprint density at radius 1 is 0.306 bits per heavy atom. The second-order valence-electron chi connectivity index (χ2n) is 30.7. The molecule has 2 aliphatic rings. The fourth-order valence-electron chi connectivity index (χ4n) is 17.5. The van der Waals surface area contributed by atoms with Crippen molar-refractivity contribution in [1.29, 1.82) is 0 Å². The van der Waals surface area contributed by atoms with Gasteiger partial charge < -0.3 is 9.47 Å². The van der Waals surface area contributed by atoms with Crippen molar-refractivity contribution in [3.05, 3.63) is 69.1 Å². The molecule has 0 saturated heterocycles. The van der Waals surface area contributed by atoms with Gasteiger partial charge in [-0.15, -0.1) is 22.7 Å². The van der Waals surface area contributed by atoms with Crippen molar-refractivity contribution in [3.8, 4) is 44.2 Å². The van der Waals surface area contributed by atoms with Crippen molar-refractivity contribution >= 4 is 88.4 Å². The molecule has 2 aliphatic carbocycles. The van der Waals surface area contributed by atoms with Gasteiger partial charge in [0.05, 0.1) is 46.1 Å². The Hall–Kier alpha value is -3.96. The van der Waals surface area contributed by atoms with Gasteiger partial charge in [0.2, 0.25) is 0 Å². The molecule has 4 heterocycles. The van der Waals surface area contributed by atoms with Crippen LogP contribution in [0.3, 0.4) is 0 Å². The molecule has 0 unspecified atom stereocenters. The highest BCUT2D eigenvalue weighted by Crippen LogP contribution is 2.64. The molecule has 6 nitrogen and oxygen atoms in total. The van der Waals surface area contributed by atoms with Crippen molar-refractivity contribution in [2.24, 2.45) is 0 Å². The molecular formula is C88H130N4O2S4. The largest absolute Gasteiger partial charge is 0.491 e. The lowest BCUT2D eigenvalue weighted by atomic mass is 9.68. The maximum atomic E-state index is 7.19. The van der Waals surface area contributed by atoms with Gasteiger partial charge in [-0.2, -0.15) is 17.5 Å². The number of fused-ring (bicyclic) bond motifs is 12. The molecule has 10 rings (SSSR count). The average Bonchev–Trinajstić information content (AvgIpc) is 1.52. The summed E-state index contributed by atoms with van der Waals surface area (Å²) in [6, 6.07) is 15.9. The first-order valence-corrected chi connectivity index (χ1v) is 44.4. The molecule has 4 aromatic heterocycles. The minimum atomic E-state index is -0.199. The first-order valence-electron chi connectivity index (χ1n) is 41.3. The second kappa shape index (κ2) is 40.2. The van der Waals surface area contributed by atoms with Crippen molar-refractivity contribution < 1.29 is 9.47 Å². The highest BCUT2D eigenvalue weighted by molar-refractivity contribution is 7.23. The number of thiophene rings is 2. The summed E-state index contributed by atoms with van der Waals surface area (Å²) in [7, 11) is 0. The third-order valence-electron chi connectivity index (χ3n) is 23.1. The zero-order chi connectivity index (χ0) is 68.4. The fourth-order valence-corrected chi connectivity index (χ4v) is 20.9. The topological polar surface area (TPSA) is 70.0 Å². The normalized spacial score (nSPS) is 13.7. The highest BCUT2D eigenvalue weighted by Gasteiger charge is 2.50. The lowest BCUT2D eigenvalue weighted by Gasteiger charge is -2.35. The summed E-state index contributed by atoms with van der Waals surface area (Å²) in [6.07, 6.45) is 61.8. The van der Waals surface area contributed by atoms with Gasteiger partial charge in [0.25, 0.3) is 0 Å². The summed E-state index contributed by atoms with van der Waals surface area (Å²) in [6.45, 7) is 20.1. The van der Waals surface area contributed by atoms with Gasteiger partial charge in [0.15, 0.2) is 0 Å². The number of nitrogens with zero attached hydrogens (tertiary/aromatic N) is 4. The average molecular weight is 1400 g/mol. The molecule has 10 heteroatoms. The Morgan fingerprint density at radius 2 is 0.622 bits per heavy atom. The number of rotatable bonds is 53. The van der Waals surface area contributed by atoms with Crippen molar-refractivity contribution in [2.45, 2.75) is 374 Å². The molecule has 538 valence electrons. The monoisotopic (exact) mass is 1400 g/mol. The van der Waals surface area contributed by atoms with Crippen LogP contribution in [0.2, 0.25) is 0 Å². The summed E-state index contributed by atoms with van der Waals surface area (Å²) in [4.78, 5) is 2.56. The molecule has 4 aromatic carbocycles. The van der Waals surface area contributed by atoms with E-state index in [0.29, 0.717) is 0 Å². The SMILES string of the molecule is CCCCCCCCCCC1(CCCCCCCCCC)c2cc3c(cc2-c2c1cc(C)c1nsnc21)C(CCCCCCCCCC)(CCCCCCCCCC)c1cc(-c2cc4c(OCCCCCCCC)c5sc(C)cc5c(OCCCCCCCC)c4s2)c2nsnc2c1-3. The van der Waals surface area contributed by atoms with E-state index in [4.69, 9.17) is 27.0 Å². The van der Waals surface area contributed by atoms with E-state index in [0.717, 1.165) is 72.5 Å². The van der Waals surface area contributed by atoms with E-state index in [1.54, 1.807) is 16.7 Å². The lowest BCUT2D eigenvalue weighted by molar-refractivity contribution is 0.307. The predicted octanol–water partition coefficient (Wildman–Crippen LogP) is 30.5. The third kappa shape index (κ3) is 18.7. The van der Waals surface area contributed by atoms with E-state index in [-0.39, 0.29) is 10.8 Å². The summed E-state index contributed by atoms with van der Waals surface area (Å²) >= 11 is 6.66. The molecule has 8 aromatic rings. The maximum absolute atomic E-state index is 7.19. The van der Waals surface area contributed by atoms with Crippen LogP contribution in [-0.4, -0.2) is 30.7 Å². The molecule has 0 amide bonds. The Bertz CT molecular complexity index is 3560. The van der Waals surface area contributed by atoms with E-state index in [9.17, 15) is 0 Å². The second-order valence-corrected chi connectivity index (χ2v) is 34.1. The van der Waals surface area contributed by atoms with Crippen LogP contribution >= 0.6 is 46.1 Å². The van der Waals surface area contributed by atoms with Gasteiger partial charge in [0, 0.05) is 48.0 Å². The molecule has 0 N–H and O–H groups in total. The van der Waals surface area contributed by atoms with Crippen molar-refractivity contribution in [1.82, 2.24) is 17.5 Å². The lowest BCUT2D eigenvalue weighted by Crippen LogP contribution is -2.27. The Morgan fingerprint density at radius 3 is 1.03 bits per heavy atom. The number of aromatic nitrogens is 4. The molecule has 0 saturated carbocycles. The Kier molecular flexibility index (Phi) is 31.4. The zero-order valence-electron chi connectivity index (χ0n) is 63.1. The van der Waals surface area contributed by atoms with E-state index < -0.39 is 0 Å².